The van der Waals surface area contributed by atoms with Gasteiger partial charge in [-0.2, -0.15) is 5.26 Å². The number of hydrogen-bond donors (Lipinski definition) is 1. The summed E-state index contributed by atoms with van der Waals surface area (Å²) in [5, 5.41) is 8.83. The average molecular weight is 264 g/mol. The predicted octanol–water partition coefficient (Wildman–Crippen LogP) is 2.89. The highest BCUT2D eigenvalue weighted by molar-refractivity contribution is 5.90. The van der Waals surface area contributed by atoms with Crippen molar-refractivity contribution in [1.82, 2.24) is 0 Å². The van der Waals surface area contributed by atoms with Gasteiger partial charge in [0.25, 0.3) is 0 Å². The zero-order valence-corrected chi connectivity index (χ0v) is 11.1. The number of rotatable bonds is 5. The summed E-state index contributed by atoms with van der Waals surface area (Å²) in [6.07, 6.45) is 1.16. The summed E-state index contributed by atoms with van der Waals surface area (Å²) in [5.74, 6) is -1.39. The van der Waals surface area contributed by atoms with Crippen LogP contribution in [0.15, 0.2) is 18.2 Å². The van der Waals surface area contributed by atoms with Gasteiger partial charge in [-0.3, -0.25) is 0 Å². The second-order valence-corrected chi connectivity index (χ2v) is 4.97. The van der Waals surface area contributed by atoms with Crippen LogP contribution in [0.25, 0.3) is 0 Å². The van der Waals surface area contributed by atoms with Crippen LogP contribution >= 0.6 is 0 Å². The van der Waals surface area contributed by atoms with Gasteiger partial charge in [0.15, 0.2) is 0 Å². The number of ether oxygens (including phenoxy) is 1. The van der Waals surface area contributed by atoms with E-state index >= 15 is 0 Å². The van der Waals surface area contributed by atoms with Crippen molar-refractivity contribution in [2.75, 3.05) is 12.3 Å². The number of benzene rings is 1. The van der Waals surface area contributed by atoms with Crippen molar-refractivity contribution in [2.24, 2.45) is 5.41 Å². The predicted molar refractivity (Wildman–Crippen MR) is 69.7 cm³/mol. The number of carbonyl (C=O) groups excluding carboxylic acids is 1. The monoisotopic (exact) mass is 264 g/mol. The number of halogens is 1. The second-order valence-electron chi connectivity index (χ2n) is 4.97. The largest absolute Gasteiger partial charge is 0.462 e. The molecular weight excluding hydrogens is 247 g/mol. The molecule has 0 atom stereocenters. The summed E-state index contributed by atoms with van der Waals surface area (Å²) >= 11 is 0. The van der Waals surface area contributed by atoms with Gasteiger partial charge in [-0.05, 0) is 44.9 Å². The lowest BCUT2D eigenvalue weighted by atomic mass is 9.90. The van der Waals surface area contributed by atoms with Crippen LogP contribution in [0.3, 0.4) is 0 Å². The molecule has 0 saturated carbocycles. The molecule has 19 heavy (non-hydrogen) atoms. The Morgan fingerprint density at radius 2 is 2.21 bits per heavy atom. The third kappa shape index (κ3) is 4.59. The lowest BCUT2D eigenvalue weighted by molar-refractivity contribution is 0.0485. The van der Waals surface area contributed by atoms with E-state index in [0.29, 0.717) is 18.5 Å². The SMILES string of the molecule is CC(C)(C#N)CCCOC(=O)c1cc(N)ccc1F. The van der Waals surface area contributed by atoms with Crippen molar-refractivity contribution in [3.8, 4) is 6.07 Å². The number of nitrogen functional groups attached to an aromatic ring is 1. The molecule has 0 unspecified atom stereocenters. The minimum atomic E-state index is -0.737. The molecule has 0 heterocycles. The highest BCUT2D eigenvalue weighted by Gasteiger charge is 2.17. The van der Waals surface area contributed by atoms with E-state index in [-0.39, 0.29) is 12.2 Å². The fourth-order valence-electron chi connectivity index (χ4n) is 1.51. The molecule has 0 bridgehead atoms. The van der Waals surface area contributed by atoms with Gasteiger partial charge in [-0.15, -0.1) is 0 Å². The number of anilines is 1. The van der Waals surface area contributed by atoms with Gasteiger partial charge in [0.2, 0.25) is 0 Å². The summed E-state index contributed by atoms with van der Waals surface area (Å²) in [6, 6.07) is 5.91. The van der Waals surface area contributed by atoms with Gasteiger partial charge < -0.3 is 10.5 Å². The van der Waals surface area contributed by atoms with Crippen molar-refractivity contribution >= 4 is 11.7 Å². The van der Waals surface area contributed by atoms with Crippen LogP contribution in [-0.2, 0) is 4.74 Å². The Labute approximate surface area is 112 Å². The van der Waals surface area contributed by atoms with Gasteiger partial charge in [-0.1, -0.05) is 0 Å². The molecule has 1 rings (SSSR count). The number of hydrogen-bond acceptors (Lipinski definition) is 4. The van der Waals surface area contributed by atoms with E-state index in [0.717, 1.165) is 6.07 Å². The van der Waals surface area contributed by atoms with E-state index in [4.69, 9.17) is 15.7 Å². The molecular formula is C14H17FN2O2. The van der Waals surface area contributed by atoms with Gasteiger partial charge in [0, 0.05) is 5.69 Å². The van der Waals surface area contributed by atoms with Crippen LogP contribution in [0.5, 0.6) is 0 Å². The highest BCUT2D eigenvalue weighted by atomic mass is 19.1. The normalized spacial score (nSPS) is 10.8. The quantitative estimate of drug-likeness (QED) is 0.504. The molecule has 0 saturated heterocycles. The number of nitrogens with two attached hydrogens (primary N) is 1. The average Bonchev–Trinajstić information content (AvgIpc) is 2.37. The van der Waals surface area contributed by atoms with Gasteiger partial charge in [0.05, 0.1) is 23.7 Å². The summed E-state index contributed by atoms with van der Waals surface area (Å²) in [4.78, 5) is 11.6. The molecule has 4 nitrogen and oxygen atoms in total. The number of nitriles is 1. The smallest absolute Gasteiger partial charge is 0.341 e. The Kier molecular flexibility index (Phi) is 4.87. The van der Waals surface area contributed by atoms with E-state index in [2.05, 4.69) is 6.07 Å². The van der Waals surface area contributed by atoms with Gasteiger partial charge in [0.1, 0.15) is 5.82 Å². The maximum absolute atomic E-state index is 13.4. The minimum absolute atomic E-state index is 0.151. The number of esters is 1. The molecule has 0 spiro atoms. The maximum atomic E-state index is 13.4. The van der Waals surface area contributed by atoms with Crippen LogP contribution in [-0.4, -0.2) is 12.6 Å². The Morgan fingerprint density at radius 3 is 2.84 bits per heavy atom. The van der Waals surface area contributed by atoms with Gasteiger partial charge >= 0.3 is 5.97 Å². The van der Waals surface area contributed by atoms with E-state index in [9.17, 15) is 9.18 Å². The first-order valence-electron chi connectivity index (χ1n) is 5.99. The zero-order valence-electron chi connectivity index (χ0n) is 11.1. The number of carbonyl (C=O) groups is 1. The topological polar surface area (TPSA) is 76.1 Å². The second kappa shape index (κ2) is 6.19. The third-order valence-corrected chi connectivity index (χ3v) is 2.69. The Bertz CT molecular complexity index is 507. The fraction of sp³-hybridized carbons (Fsp3) is 0.429. The van der Waals surface area contributed by atoms with Gasteiger partial charge in [-0.25, -0.2) is 9.18 Å². The van der Waals surface area contributed by atoms with Crippen LogP contribution < -0.4 is 5.73 Å². The molecule has 2 N–H and O–H groups in total. The van der Waals surface area contributed by atoms with Crippen molar-refractivity contribution in [3.05, 3.63) is 29.6 Å². The molecule has 0 radical (unpaired) electrons. The fourth-order valence-corrected chi connectivity index (χ4v) is 1.51. The molecule has 0 aliphatic carbocycles. The minimum Gasteiger partial charge on any atom is -0.462 e. The van der Waals surface area contributed by atoms with Crippen molar-refractivity contribution in [2.45, 2.75) is 26.7 Å². The molecule has 1 aromatic carbocycles. The molecule has 5 heteroatoms. The summed E-state index contributed by atoms with van der Waals surface area (Å²) in [5.41, 5.74) is 5.17. The zero-order chi connectivity index (χ0) is 14.5. The summed E-state index contributed by atoms with van der Waals surface area (Å²) in [6.45, 7) is 3.77. The lowest BCUT2D eigenvalue weighted by Crippen LogP contribution is -2.12. The van der Waals surface area contributed by atoms with Crippen molar-refractivity contribution in [3.63, 3.8) is 0 Å². The molecule has 0 aliphatic heterocycles. The highest BCUT2D eigenvalue weighted by Crippen LogP contribution is 2.20. The maximum Gasteiger partial charge on any atom is 0.341 e. The van der Waals surface area contributed by atoms with Crippen LogP contribution in [0.4, 0.5) is 10.1 Å². The molecule has 0 amide bonds. The van der Waals surface area contributed by atoms with E-state index < -0.39 is 17.2 Å². The van der Waals surface area contributed by atoms with Crippen molar-refractivity contribution < 1.29 is 13.9 Å². The number of nitrogens with zero attached hydrogens (tertiary/aromatic N) is 1. The van der Waals surface area contributed by atoms with Crippen LogP contribution in [0.2, 0.25) is 0 Å². The van der Waals surface area contributed by atoms with E-state index in [1.165, 1.54) is 12.1 Å². The van der Waals surface area contributed by atoms with Crippen molar-refractivity contribution in [1.29, 1.82) is 5.26 Å². The van der Waals surface area contributed by atoms with Crippen LogP contribution in [0.1, 0.15) is 37.0 Å². The third-order valence-electron chi connectivity index (χ3n) is 2.69. The lowest BCUT2D eigenvalue weighted by Gasteiger charge is -2.14. The standard InChI is InChI=1S/C14H17FN2O2/c1-14(2,9-16)6-3-7-19-13(18)11-8-10(17)4-5-12(11)15/h4-5,8H,3,6-7,17H2,1-2H3. The summed E-state index contributed by atoms with van der Waals surface area (Å²) in [7, 11) is 0. The van der Waals surface area contributed by atoms with E-state index in [1.54, 1.807) is 0 Å². The summed E-state index contributed by atoms with van der Waals surface area (Å²) < 4.78 is 18.3. The molecule has 102 valence electrons. The van der Waals surface area contributed by atoms with E-state index in [1.807, 2.05) is 13.8 Å². The first kappa shape index (κ1) is 15.0. The molecule has 0 aromatic heterocycles. The Hall–Kier alpha value is -2.09. The first-order valence-corrected chi connectivity index (χ1v) is 5.99. The molecule has 1 aromatic rings. The Morgan fingerprint density at radius 1 is 1.53 bits per heavy atom. The molecule has 0 aliphatic rings. The van der Waals surface area contributed by atoms with Crippen LogP contribution in [0, 0.1) is 22.6 Å². The first-order chi connectivity index (χ1) is 8.85. The Balaban J connectivity index is 2.49. The molecule has 0 fully saturated rings.